The fourth-order valence-electron chi connectivity index (χ4n) is 0.944. The van der Waals surface area contributed by atoms with Gasteiger partial charge in [-0.1, -0.05) is 28.6 Å². The molecule has 0 aliphatic rings. The SMILES string of the molecule is C=C(Br)CSc1cccc(N)c1C. The normalized spacial score (nSPS) is 10.0. The number of nitrogens with two attached hydrogens (primary N) is 1. The molecule has 1 nitrogen and oxygen atoms in total. The highest BCUT2D eigenvalue weighted by atomic mass is 79.9. The maximum atomic E-state index is 5.78. The molecule has 2 N–H and O–H groups in total. The molecule has 0 unspecified atom stereocenters. The van der Waals surface area contributed by atoms with Crippen molar-refractivity contribution in [3.05, 3.63) is 34.8 Å². The molecular formula is C10H12BrNS. The molecule has 0 atom stereocenters. The van der Waals surface area contributed by atoms with Gasteiger partial charge < -0.3 is 5.73 Å². The lowest BCUT2D eigenvalue weighted by atomic mass is 10.2. The van der Waals surface area contributed by atoms with Crippen LogP contribution < -0.4 is 5.73 Å². The van der Waals surface area contributed by atoms with Gasteiger partial charge in [-0.2, -0.15) is 0 Å². The number of benzene rings is 1. The van der Waals surface area contributed by atoms with Crippen molar-refractivity contribution in [2.24, 2.45) is 0 Å². The molecule has 0 spiro atoms. The Hall–Kier alpha value is -0.410. The van der Waals surface area contributed by atoms with E-state index in [0.29, 0.717) is 0 Å². The Morgan fingerprint density at radius 1 is 1.62 bits per heavy atom. The van der Waals surface area contributed by atoms with Crippen LogP contribution in [0.25, 0.3) is 0 Å². The second-order valence-corrected chi connectivity index (χ2v) is 4.91. The predicted octanol–water partition coefficient (Wildman–Crippen LogP) is 3.58. The predicted molar refractivity (Wildman–Crippen MR) is 64.4 cm³/mol. The summed E-state index contributed by atoms with van der Waals surface area (Å²) < 4.78 is 0.999. The Bertz CT molecular complexity index is 323. The van der Waals surface area contributed by atoms with Gasteiger partial charge >= 0.3 is 0 Å². The van der Waals surface area contributed by atoms with Gasteiger partial charge in [-0.3, -0.25) is 0 Å². The minimum absolute atomic E-state index is 0.852. The van der Waals surface area contributed by atoms with Crippen molar-refractivity contribution < 1.29 is 0 Å². The van der Waals surface area contributed by atoms with Crippen LogP contribution in [0.15, 0.2) is 34.2 Å². The van der Waals surface area contributed by atoms with Gasteiger partial charge in [0.1, 0.15) is 0 Å². The zero-order valence-electron chi connectivity index (χ0n) is 7.51. The lowest BCUT2D eigenvalue weighted by Gasteiger charge is -2.06. The summed E-state index contributed by atoms with van der Waals surface area (Å²) >= 11 is 5.07. The summed E-state index contributed by atoms with van der Waals surface area (Å²) in [5, 5.41) is 0. The van der Waals surface area contributed by atoms with Crippen LogP contribution in [0.2, 0.25) is 0 Å². The first-order chi connectivity index (χ1) is 6.11. The quantitative estimate of drug-likeness (QED) is 0.662. The summed E-state index contributed by atoms with van der Waals surface area (Å²) in [6, 6.07) is 5.97. The summed E-state index contributed by atoms with van der Waals surface area (Å²) in [6.45, 7) is 5.82. The van der Waals surface area contributed by atoms with Crippen molar-refractivity contribution in [1.29, 1.82) is 0 Å². The molecule has 3 heteroatoms. The molecule has 0 aliphatic heterocycles. The van der Waals surface area contributed by atoms with E-state index >= 15 is 0 Å². The summed E-state index contributed by atoms with van der Waals surface area (Å²) in [5.41, 5.74) is 7.79. The zero-order chi connectivity index (χ0) is 9.84. The molecular weight excluding hydrogens is 246 g/mol. The Balaban J connectivity index is 2.77. The van der Waals surface area contributed by atoms with E-state index in [1.807, 2.05) is 19.1 Å². The number of anilines is 1. The molecule has 1 rings (SSSR count). The average Bonchev–Trinajstić information content (AvgIpc) is 2.07. The third-order valence-electron chi connectivity index (χ3n) is 1.71. The number of nitrogen functional groups attached to an aromatic ring is 1. The van der Waals surface area contributed by atoms with Crippen LogP contribution in [0.4, 0.5) is 5.69 Å². The van der Waals surface area contributed by atoms with Crippen molar-refractivity contribution >= 4 is 33.4 Å². The first kappa shape index (κ1) is 10.7. The van der Waals surface area contributed by atoms with E-state index in [1.54, 1.807) is 11.8 Å². The molecule has 0 fully saturated rings. The molecule has 0 heterocycles. The van der Waals surface area contributed by atoms with Crippen LogP contribution in [0.5, 0.6) is 0 Å². The van der Waals surface area contributed by atoms with Crippen molar-refractivity contribution in [3.63, 3.8) is 0 Å². The number of halogens is 1. The van der Waals surface area contributed by atoms with Crippen LogP contribution in [0.1, 0.15) is 5.56 Å². The molecule has 0 saturated carbocycles. The maximum absolute atomic E-state index is 5.78. The zero-order valence-corrected chi connectivity index (χ0v) is 9.91. The van der Waals surface area contributed by atoms with Gasteiger partial charge in [0, 0.05) is 16.3 Å². The Labute approximate surface area is 91.5 Å². The van der Waals surface area contributed by atoms with E-state index in [4.69, 9.17) is 5.73 Å². The largest absolute Gasteiger partial charge is 0.398 e. The number of hydrogen-bond acceptors (Lipinski definition) is 2. The van der Waals surface area contributed by atoms with Crippen LogP contribution in [0, 0.1) is 6.92 Å². The monoisotopic (exact) mass is 257 g/mol. The Morgan fingerprint density at radius 2 is 2.31 bits per heavy atom. The minimum Gasteiger partial charge on any atom is -0.398 e. The molecule has 0 aliphatic carbocycles. The molecule has 0 amide bonds. The molecule has 13 heavy (non-hydrogen) atoms. The Kier molecular flexibility index (Phi) is 3.88. The van der Waals surface area contributed by atoms with E-state index < -0.39 is 0 Å². The summed E-state index contributed by atoms with van der Waals surface area (Å²) in [6.07, 6.45) is 0. The van der Waals surface area contributed by atoms with E-state index in [2.05, 4.69) is 28.6 Å². The number of hydrogen-bond donors (Lipinski definition) is 1. The van der Waals surface area contributed by atoms with Crippen LogP contribution >= 0.6 is 27.7 Å². The third kappa shape index (κ3) is 3.08. The van der Waals surface area contributed by atoms with Crippen molar-refractivity contribution in [1.82, 2.24) is 0 Å². The molecule has 1 aromatic rings. The summed E-state index contributed by atoms with van der Waals surface area (Å²) in [5.74, 6) is 0.879. The van der Waals surface area contributed by atoms with Crippen molar-refractivity contribution in [2.45, 2.75) is 11.8 Å². The van der Waals surface area contributed by atoms with Crippen LogP contribution in [-0.4, -0.2) is 5.75 Å². The van der Waals surface area contributed by atoms with E-state index in [9.17, 15) is 0 Å². The van der Waals surface area contributed by atoms with Gasteiger partial charge in [-0.15, -0.1) is 11.8 Å². The van der Waals surface area contributed by atoms with E-state index in [0.717, 1.165) is 21.5 Å². The minimum atomic E-state index is 0.852. The maximum Gasteiger partial charge on any atom is 0.0354 e. The van der Waals surface area contributed by atoms with Gasteiger partial charge in [-0.25, -0.2) is 0 Å². The lowest BCUT2D eigenvalue weighted by Crippen LogP contribution is -1.91. The van der Waals surface area contributed by atoms with Crippen LogP contribution in [-0.2, 0) is 0 Å². The van der Waals surface area contributed by atoms with Crippen LogP contribution in [0.3, 0.4) is 0 Å². The second kappa shape index (κ2) is 4.72. The Morgan fingerprint density at radius 3 is 2.92 bits per heavy atom. The van der Waals surface area contributed by atoms with Gasteiger partial charge in [0.2, 0.25) is 0 Å². The van der Waals surface area contributed by atoms with Gasteiger partial charge in [0.25, 0.3) is 0 Å². The standard InChI is InChI=1S/C10H12BrNS/c1-7(11)6-13-10-5-3-4-9(12)8(10)2/h3-5H,1,6,12H2,2H3. The molecule has 0 radical (unpaired) electrons. The summed E-state index contributed by atoms with van der Waals surface area (Å²) in [4.78, 5) is 1.22. The first-order valence-electron chi connectivity index (χ1n) is 3.92. The fourth-order valence-corrected chi connectivity index (χ4v) is 2.11. The molecule has 70 valence electrons. The van der Waals surface area contributed by atoms with E-state index in [-0.39, 0.29) is 0 Å². The highest BCUT2D eigenvalue weighted by molar-refractivity contribution is 9.11. The fraction of sp³-hybridized carbons (Fsp3) is 0.200. The van der Waals surface area contributed by atoms with Crippen molar-refractivity contribution in [2.75, 3.05) is 11.5 Å². The topological polar surface area (TPSA) is 26.0 Å². The van der Waals surface area contributed by atoms with Gasteiger partial charge in [0.05, 0.1) is 0 Å². The van der Waals surface area contributed by atoms with Crippen molar-refractivity contribution in [3.8, 4) is 0 Å². The van der Waals surface area contributed by atoms with Gasteiger partial charge in [-0.05, 0) is 29.1 Å². The third-order valence-corrected chi connectivity index (χ3v) is 3.61. The summed E-state index contributed by atoms with van der Waals surface area (Å²) in [7, 11) is 0. The second-order valence-electron chi connectivity index (χ2n) is 2.78. The first-order valence-corrected chi connectivity index (χ1v) is 5.70. The van der Waals surface area contributed by atoms with E-state index in [1.165, 1.54) is 4.90 Å². The smallest absolute Gasteiger partial charge is 0.0354 e. The molecule has 0 saturated heterocycles. The highest BCUT2D eigenvalue weighted by Gasteiger charge is 2.01. The molecule has 1 aromatic carbocycles. The van der Waals surface area contributed by atoms with Gasteiger partial charge in [0.15, 0.2) is 0 Å². The molecule has 0 aromatic heterocycles. The lowest BCUT2D eigenvalue weighted by molar-refractivity contribution is 1.31. The number of thioether (sulfide) groups is 1. The average molecular weight is 258 g/mol. The highest BCUT2D eigenvalue weighted by Crippen LogP contribution is 2.28. The molecule has 0 bridgehead atoms. The number of rotatable bonds is 3.